The molecule has 2 aromatic rings. The molecule has 2 aliphatic rings. The zero-order valence-electron chi connectivity index (χ0n) is 21.8. The second kappa shape index (κ2) is 10.9. The summed E-state index contributed by atoms with van der Waals surface area (Å²) in [5.74, 6) is 0.314. The van der Waals surface area contributed by atoms with Crippen molar-refractivity contribution in [3.8, 4) is 11.1 Å². The summed E-state index contributed by atoms with van der Waals surface area (Å²) >= 11 is 0. The Kier molecular flexibility index (Phi) is 8.04. The van der Waals surface area contributed by atoms with Crippen LogP contribution in [0.5, 0.6) is 0 Å². The van der Waals surface area contributed by atoms with E-state index in [1.54, 1.807) is 12.3 Å². The van der Waals surface area contributed by atoms with Crippen molar-refractivity contribution in [2.24, 2.45) is 17.8 Å². The monoisotopic (exact) mass is 529 g/mol. The zero-order valence-corrected chi connectivity index (χ0v) is 22.6. The number of carbonyl (C=O) groups excluding carboxylic acids is 1. The third-order valence-electron chi connectivity index (χ3n) is 7.08. The molecule has 200 valence electrons. The van der Waals surface area contributed by atoms with Crippen molar-refractivity contribution < 1.29 is 22.3 Å². The molecule has 0 spiro atoms. The molecule has 37 heavy (non-hydrogen) atoms. The topological polar surface area (TPSA) is 97.4 Å². The van der Waals surface area contributed by atoms with Crippen molar-refractivity contribution in [3.05, 3.63) is 60.2 Å². The van der Waals surface area contributed by atoms with Crippen LogP contribution in [-0.4, -0.2) is 43.4 Å². The van der Waals surface area contributed by atoms with Gasteiger partial charge in [0, 0.05) is 23.8 Å². The van der Waals surface area contributed by atoms with Crippen molar-refractivity contribution in [2.75, 3.05) is 6.26 Å². The number of sulfonamides is 1. The normalized spacial score (nSPS) is 26.1. The van der Waals surface area contributed by atoms with E-state index >= 15 is 0 Å². The van der Waals surface area contributed by atoms with Gasteiger partial charge < -0.3 is 10.1 Å². The number of halogens is 1. The van der Waals surface area contributed by atoms with E-state index in [1.807, 2.05) is 45.0 Å². The van der Waals surface area contributed by atoms with Crippen molar-refractivity contribution in [2.45, 2.75) is 64.1 Å². The second-order valence-corrected chi connectivity index (χ2v) is 13.0. The number of ether oxygens (including phenoxy) is 1. The second-order valence-electron chi connectivity index (χ2n) is 11.2. The molecule has 1 aromatic carbocycles. The van der Waals surface area contributed by atoms with E-state index < -0.39 is 21.7 Å². The number of benzene rings is 1. The maximum atomic E-state index is 13.6. The van der Waals surface area contributed by atoms with Crippen LogP contribution in [0.1, 0.15) is 52.1 Å². The average molecular weight is 530 g/mol. The molecule has 4 rings (SSSR count). The molecule has 2 saturated carbocycles. The molecule has 2 aliphatic carbocycles. The molecule has 1 aromatic heterocycles. The largest absolute Gasteiger partial charge is 0.444 e. The van der Waals surface area contributed by atoms with Crippen molar-refractivity contribution >= 4 is 22.2 Å². The molecule has 7 nitrogen and oxygen atoms in total. The summed E-state index contributed by atoms with van der Waals surface area (Å²) in [6.45, 7) is 5.51. The Balaban J connectivity index is 1.46. The Morgan fingerprint density at radius 2 is 1.92 bits per heavy atom. The molecule has 0 aliphatic heterocycles. The molecule has 1 heterocycles. The summed E-state index contributed by atoms with van der Waals surface area (Å²) in [4.78, 5) is 16.8. The first-order valence-corrected chi connectivity index (χ1v) is 14.6. The molecular weight excluding hydrogens is 493 g/mol. The van der Waals surface area contributed by atoms with E-state index in [-0.39, 0.29) is 29.7 Å². The maximum absolute atomic E-state index is 13.6. The lowest BCUT2D eigenvalue weighted by atomic mass is 9.75. The quantitative estimate of drug-likeness (QED) is 0.540. The minimum Gasteiger partial charge on any atom is -0.444 e. The fourth-order valence-electron chi connectivity index (χ4n) is 5.68. The SMILES string of the molecule is CC(C)(C)OC(=O)NC1CC[C@@H]2[C@H](C1)C[C@H](NS(C)(=O)=O)[C@H]2/C=C/c1ccc(-c2cccc(F)c2)cn1. The number of rotatable bonds is 6. The third-order valence-corrected chi connectivity index (χ3v) is 7.81. The Labute approximate surface area is 219 Å². The first kappa shape index (κ1) is 27.3. The highest BCUT2D eigenvalue weighted by Crippen LogP contribution is 2.47. The predicted octanol–water partition coefficient (Wildman–Crippen LogP) is 5.15. The number of nitrogens with one attached hydrogen (secondary N) is 2. The number of hydrogen-bond donors (Lipinski definition) is 2. The van der Waals surface area contributed by atoms with Crippen LogP contribution in [0, 0.1) is 23.6 Å². The summed E-state index contributed by atoms with van der Waals surface area (Å²) in [6.07, 6.45) is 9.70. The lowest BCUT2D eigenvalue weighted by Gasteiger charge is -2.34. The van der Waals surface area contributed by atoms with Gasteiger partial charge in [0.2, 0.25) is 10.0 Å². The fourth-order valence-corrected chi connectivity index (χ4v) is 6.49. The van der Waals surface area contributed by atoms with Gasteiger partial charge in [0.15, 0.2) is 0 Å². The highest BCUT2D eigenvalue weighted by Gasteiger charge is 2.46. The number of hydrogen-bond acceptors (Lipinski definition) is 5. The van der Waals surface area contributed by atoms with E-state index in [9.17, 15) is 17.6 Å². The van der Waals surface area contributed by atoms with Crippen LogP contribution in [0.2, 0.25) is 0 Å². The van der Waals surface area contributed by atoms with Crippen LogP contribution < -0.4 is 10.0 Å². The summed E-state index contributed by atoms with van der Waals surface area (Å²) in [5.41, 5.74) is 1.78. The Hall–Kier alpha value is -2.78. The summed E-state index contributed by atoms with van der Waals surface area (Å²) in [6, 6.07) is 9.96. The van der Waals surface area contributed by atoms with Gasteiger partial charge in [-0.05, 0) is 94.0 Å². The number of nitrogens with zero attached hydrogens (tertiary/aromatic N) is 1. The number of pyridine rings is 1. The Morgan fingerprint density at radius 1 is 1.14 bits per heavy atom. The lowest BCUT2D eigenvalue weighted by Crippen LogP contribution is -2.43. The van der Waals surface area contributed by atoms with E-state index in [0.717, 1.165) is 36.1 Å². The highest BCUT2D eigenvalue weighted by molar-refractivity contribution is 7.88. The third kappa shape index (κ3) is 7.61. The molecule has 1 amide bonds. The molecule has 2 N–H and O–H groups in total. The van der Waals surface area contributed by atoms with Gasteiger partial charge in [0.05, 0.1) is 11.9 Å². The fraction of sp³-hybridized carbons (Fsp3) is 0.500. The van der Waals surface area contributed by atoms with Crippen molar-refractivity contribution in [1.82, 2.24) is 15.0 Å². The molecule has 0 saturated heterocycles. The number of aromatic nitrogens is 1. The van der Waals surface area contributed by atoms with Crippen LogP contribution in [-0.2, 0) is 14.8 Å². The van der Waals surface area contributed by atoms with Crippen LogP contribution in [0.15, 0.2) is 48.7 Å². The minimum atomic E-state index is -3.38. The number of amides is 1. The smallest absolute Gasteiger partial charge is 0.407 e. The summed E-state index contributed by atoms with van der Waals surface area (Å²) in [5, 5.41) is 2.99. The van der Waals surface area contributed by atoms with Gasteiger partial charge >= 0.3 is 6.09 Å². The van der Waals surface area contributed by atoms with Gasteiger partial charge in [-0.2, -0.15) is 0 Å². The average Bonchev–Trinajstić information content (AvgIpc) is 3.11. The molecular formula is C28H36FN3O4S. The lowest BCUT2D eigenvalue weighted by molar-refractivity contribution is 0.0474. The van der Waals surface area contributed by atoms with Gasteiger partial charge in [-0.15, -0.1) is 0 Å². The standard InChI is InChI=1S/C28H36FN3O4S/c1-28(2,3)36-27(33)31-23-11-12-24-20(15-23)16-26(32-37(4,34)35)25(24)13-10-22-9-8-19(17-30-22)18-6-5-7-21(29)14-18/h5-10,13-14,17,20,23-26,32H,11-12,15-16H2,1-4H3,(H,31,33)/b13-10+/t20-,23?,24-,25+,26+/m1/s1. The zero-order chi connectivity index (χ0) is 26.8. The van der Waals surface area contributed by atoms with E-state index in [2.05, 4.69) is 21.1 Å². The van der Waals surface area contributed by atoms with Gasteiger partial charge in [0.1, 0.15) is 11.4 Å². The van der Waals surface area contributed by atoms with E-state index in [4.69, 9.17) is 4.74 Å². The van der Waals surface area contributed by atoms with Crippen LogP contribution in [0.25, 0.3) is 17.2 Å². The first-order valence-electron chi connectivity index (χ1n) is 12.7. The van der Waals surface area contributed by atoms with Crippen LogP contribution in [0.4, 0.5) is 9.18 Å². The molecule has 9 heteroatoms. The summed E-state index contributed by atoms with van der Waals surface area (Å²) in [7, 11) is -3.38. The summed E-state index contributed by atoms with van der Waals surface area (Å²) < 4.78 is 46.0. The number of carbonyl (C=O) groups is 1. The first-order chi connectivity index (χ1) is 17.4. The van der Waals surface area contributed by atoms with E-state index in [0.29, 0.717) is 12.3 Å². The molecule has 0 bridgehead atoms. The van der Waals surface area contributed by atoms with Gasteiger partial charge in [-0.25, -0.2) is 22.3 Å². The number of fused-ring (bicyclic) bond motifs is 1. The Morgan fingerprint density at radius 3 is 2.57 bits per heavy atom. The minimum absolute atomic E-state index is 0.00903. The predicted molar refractivity (Wildman–Crippen MR) is 143 cm³/mol. The van der Waals surface area contributed by atoms with Crippen molar-refractivity contribution in [3.63, 3.8) is 0 Å². The van der Waals surface area contributed by atoms with E-state index in [1.165, 1.54) is 18.4 Å². The van der Waals surface area contributed by atoms with Gasteiger partial charge in [0.25, 0.3) is 0 Å². The molecule has 1 unspecified atom stereocenters. The molecule has 0 radical (unpaired) electrons. The highest BCUT2D eigenvalue weighted by atomic mass is 32.2. The Bertz CT molecular complexity index is 1240. The van der Waals surface area contributed by atoms with Gasteiger partial charge in [-0.1, -0.05) is 24.3 Å². The maximum Gasteiger partial charge on any atom is 0.407 e. The number of alkyl carbamates (subject to hydrolysis) is 1. The molecule has 2 fully saturated rings. The van der Waals surface area contributed by atoms with Crippen molar-refractivity contribution in [1.29, 1.82) is 0 Å². The van der Waals surface area contributed by atoms with Crippen LogP contribution >= 0.6 is 0 Å². The van der Waals surface area contributed by atoms with Gasteiger partial charge in [-0.3, -0.25) is 4.98 Å². The molecule has 5 atom stereocenters. The van der Waals surface area contributed by atoms with Crippen LogP contribution in [0.3, 0.4) is 0 Å².